The van der Waals surface area contributed by atoms with Crippen molar-refractivity contribution in [2.24, 2.45) is 52.8 Å². The standard InChI is InChI=1S/C25H40O4/c1-13-14(2)17-10-16(13)20-15-9-18(21(17)20)25(11-15,22(27)29-24(6,7)8)12-19(26)28-23(3,4)5/h13-18,20-21H,9-12H2,1-8H3. The van der Waals surface area contributed by atoms with Gasteiger partial charge in [0.2, 0.25) is 0 Å². The van der Waals surface area contributed by atoms with Crippen molar-refractivity contribution < 1.29 is 19.1 Å². The Balaban J connectivity index is 1.65. The van der Waals surface area contributed by atoms with E-state index in [9.17, 15) is 9.59 Å². The van der Waals surface area contributed by atoms with Gasteiger partial charge in [0, 0.05) is 0 Å². The second-order valence-electron chi connectivity index (χ2n) is 12.7. The van der Waals surface area contributed by atoms with Crippen LogP contribution in [-0.2, 0) is 19.1 Å². The molecule has 4 rings (SSSR count). The van der Waals surface area contributed by atoms with Crippen molar-refractivity contribution in [3.05, 3.63) is 0 Å². The van der Waals surface area contributed by atoms with Gasteiger partial charge in [0.05, 0.1) is 11.8 Å². The highest BCUT2D eigenvalue weighted by Crippen LogP contribution is 2.74. The Bertz CT molecular complexity index is 699. The normalized spacial score (nSPS) is 45.4. The van der Waals surface area contributed by atoms with Crippen LogP contribution >= 0.6 is 0 Å². The topological polar surface area (TPSA) is 52.6 Å². The molecule has 4 fully saturated rings. The van der Waals surface area contributed by atoms with Crippen LogP contribution in [0.3, 0.4) is 0 Å². The van der Waals surface area contributed by atoms with E-state index in [0.29, 0.717) is 17.8 Å². The second kappa shape index (κ2) is 6.47. The Labute approximate surface area is 176 Å². The average molecular weight is 405 g/mol. The molecule has 9 unspecified atom stereocenters. The van der Waals surface area contributed by atoms with Crippen LogP contribution in [-0.4, -0.2) is 23.1 Å². The summed E-state index contributed by atoms with van der Waals surface area (Å²) in [5, 5.41) is 0. The van der Waals surface area contributed by atoms with Gasteiger partial charge in [0.15, 0.2) is 0 Å². The molecule has 0 heterocycles. The van der Waals surface area contributed by atoms with Crippen molar-refractivity contribution in [3.8, 4) is 0 Å². The van der Waals surface area contributed by atoms with Crippen molar-refractivity contribution in [3.63, 3.8) is 0 Å². The fraction of sp³-hybridized carbons (Fsp3) is 0.920. The van der Waals surface area contributed by atoms with E-state index in [0.717, 1.165) is 36.5 Å². The fourth-order valence-electron chi connectivity index (χ4n) is 7.94. The molecule has 29 heavy (non-hydrogen) atoms. The molecule has 0 aromatic rings. The maximum atomic E-state index is 13.6. The van der Waals surface area contributed by atoms with Gasteiger partial charge < -0.3 is 9.47 Å². The fourth-order valence-corrected chi connectivity index (χ4v) is 7.94. The van der Waals surface area contributed by atoms with Gasteiger partial charge in [-0.15, -0.1) is 0 Å². The van der Waals surface area contributed by atoms with Crippen molar-refractivity contribution in [2.45, 2.75) is 92.3 Å². The zero-order chi connectivity index (χ0) is 21.5. The van der Waals surface area contributed by atoms with E-state index in [2.05, 4.69) is 13.8 Å². The van der Waals surface area contributed by atoms with Crippen LogP contribution < -0.4 is 0 Å². The molecular weight excluding hydrogens is 364 g/mol. The number of carbonyl (C=O) groups is 2. The molecule has 4 saturated carbocycles. The molecule has 0 aliphatic heterocycles. The van der Waals surface area contributed by atoms with Gasteiger partial charge in [-0.3, -0.25) is 9.59 Å². The molecule has 4 nitrogen and oxygen atoms in total. The Morgan fingerprint density at radius 3 is 1.97 bits per heavy atom. The summed E-state index contributed by atoms with van der Waals surface area (Å²) in [7, 11) is 0. The number of carbonyl (C=O) groups excluding carboxylic acids is 2. The van der Waals surface area contributed by atoms with Gasteiger partial charge in [-0.1, -0.05) is 13.8 Å². The van der Waals surface area contributed by atoms with Gasteiger partial charge in [0.1, 0.15) is 11.2 Å². The van der Waals surface area contributed by atoms with Crippen LogP contribution in [0.2, 0.25) is 0 Å². The molecular formula is C25H40O4. The highest BCUT2D eigenvalue weighted by molar-refractivity contribution is 5.85. The zero-order valence-electron chi connectivity index (χ0n) is 19.6. The summed E-state index contributed by atoms with van der Waals surface area (Å²) < 4.78 is 11.6. The molecule has 0 amide bonds. The minimum absolute atomic E-state index is 0.162. The first-order chi connectivity index (χ1) is 13.2. The number of ether oxygens (including phenoxy) is 2. The molecule has 0 saturated heterocycles. The Morgan fingerprint density at radius 1 is 0.862 bits per heavy atom. The molecule has 4 aliphatic rings. The van der Waals surface area contributed by atoms with Gasteiger partial charge in [0.25, 0.3) is 0 Å². The molecule has 4 heteroatoms. The smallest absolute Gasteiger partial charge is 0.313 e. The van der Waals surface area contributed by atoms with Crippen molar-refractivity contribution >= 4 is 11.9 Å². The number of fused-ring (bicyclic) bond motifs is 9. The summed E-state index contributed by atoms with van der Waals surface area (Å²) in [5.41, 5.74) is -1.78. The number of hydrogen-bond acceptors (Lipinski definition) is 4. The lowest BCUT2D eigenvalue weighted by Gasteiger charge is -2.48. The van der Waals surface area contributed by atoms with Crippen LogP contribution in [0.4, 0.5) is 0 Å². The average Bonchev–Trinajstić information content (AvgIpc) is 3.23. The van der Waals surface area contributed by atoms with Crippen molar-refractivity contribution in [1.29, 1.82) is 0 Å². The third-order valence-corrected chi connectivity index (χ3v) is 8.74. The number of hydrogen-bond donors (Lipinski definition) is 0. The minimum atomic E-state index is -0.700. The quantitative estimate of drug-likeness (QED) is 0.477. The highest BCUT2D eigenvalue weighted by atomic mass is 16.6. The summed E-state index contributed by atoms with van der Waals surface area (Å²) in [6.07, 6.45) is 3.38. The van der Waals surface area contributed by atoms with Crippen LogP contribution in [0, 0.1) is 52.8 Å². The number of rotatable bonds is 3. The van der Waals surface area contributed by atoms with Gasteiger partial charge in [-0.25, -0.2) is 0 Å². The van der Waals surface area contributed by atoms with Crippen molar-refractivity contribution in [1.82, 2.24) is 0 Å². The van der Waals surface area contributed by atoms with E-state index >= 15 is 0 Å². The first-order valence-electron chi connectivity index (χ1n) is 11.7. The predicted octanol–water partition coefficient (Wildman–Crippen LogP) is 5.24. The van der Waals surface area contributed by atoms with E-state index in [4.69, 9.17) is 9.47 Å². The monoisotopic (exact) mass is 404 g/mol. The summed E-state index contributed by atoms with van der Waals surface area (Å²) >= 11 is 0. The van der Waals surface area contributed by atoms with Crippen LogP contribution in [0.25, 0.3) is 0 Å². The van der Waals surface area contributed by atoms with Crippen LogP contribution in [0.1, 0.15) is 81.1 Å². The number of esters is 2. The highest BCUT2D eigenvalue weighted by Gasteiger charge is 2.72. The van der Waals surface area contributed by atoms with E-state index in [-0.39, 0.29) is 24.3 Å². The Hall–Kier alpha value is -1.06. The molecule has 4 bridgehead atoms. The molecule has 9 atom stereocenters. The minimum Gasteiger partial charge on any atom is -0.460 e. The van der Waals surface area contributed by atoms with Crippen molar-refractivity contribution in [2.75, 3.05) is 0 Å². The molecule has 4 aliphatic carbocycles. The SMILES string of the molecule is CC1C(C)C2CC1C1C3CC(C21)C(CC(=O)OC(C)(C)C)(C(=O)OC(C)(C)C)C3. The van der Waals surface area contributed by atoms with E-state index in [1.54, 1.807) is 0 Å². The molecule has 0 spiro atoms. The van der Waals surface area contributed by atoms with E-state index < -0.39 is 16.6 Å². The Morgan fingerprint density at radius 2 is 1.41 bits per heavy atom. The third-order valence-electron chi connectivity index (χ3n) is 8.74. The maximum absolute atomic E-state index is 13.6. The summed E-state index contributed by atoms with van der Waals surface area (Å²) in [5.74, 6) is 4.78. The van der Waals surface area contributed by atoms with Gasteiger partial charge in [-0.2, -0.15) is 0 Å². The van der Waals surface area contributed by atoms with Gasteiger partial charge in [-0.05, 0) is 108 Å². The lowest BCUT2D eigenvalue weighted by atomic mass is 9.56. The van der Waals surface area contributed by atoms with E-state index in [1.165, 1.54) is 6.42 Å². The summed E-state index contributed by atoms with van der Waals surface area (Å²) in [4.78, 5) is 26.5. The predicted molar refractivity (Wildman–Crippen MR) is 112 cm³/mol. The molecule has 0 N–H and O–H groups in total. The largest absolute Gasteiger partial charge is 0.460 e. The lowest BCUT2D eigenvalue weighted by Crippen LogP contribution is -2.50. The summed E-state index contributed by atoms with van der Waals surface area (Å²) in [6.45, 7) is 16.3. The van der Waals surface area contributed by atoms with Gasteiger partial charge >= 0.3 is 11.9 Å². The molecule has 0 aromatic heterocycles. The van der Waals surface area contributed by atoms with Crippen LogP contribution in [0.15, 0.2) is 0 Å². The lowest BCUT2D eigenvalue weighted by molar-refractivity contribution is -0.183. The maximum Gasteiger partial charge on any atom is 0.313 e. The second-order valence-corrected chi connectivity index (χ2v) is 12.7. The van der Waals surface area contributed by atoms with Crippen LogP contribution in [0.5, 0.6) is 0 Å². The van der Waals surface area contributed by atoms with E-state index in [1.807, 2.05) is 41.5 Å². The molecule has 164 valence electrons. The Kier molecular flexibility index (Phi) is 4.72. The summed E-state index contributed by atoms with van der Waals surface area (Å²) in [6, 6.07) is 0. The zero-order valence-corrected chi connectivity index (χ0v) is 19.6. The first-order valence-corrected chi connectivity index (χ1v) is 11.7. The molecule has 0 radical (unpaired) electrons. The third kappa shape index (κ3) is 3.33. The first kappa shape index (κ1) is 21.2. The molecule has 0 aromatic carbocycles.